The Kier molecular flexibility index (Phi) is 3.24. The first-order valence-electron chi connectivity index (χ1n) is 6.52. The molecule has 1 unspecified atom stereocenters. The van der Waals surface area contributed by atoms with Crippen LogP contribution >= 0.6 is 0 Å². The van der Waals surface area contributed by atoms with E-state index in [0.29, 0.717) is 11.8 Å². The summed E-state index contributed by atoms with van der Waals surface area (Å²) in [5.41, 5.74) is -0.135. The molecule has 1 atom stereocenters. The highest BCUT2D eigenvalue weighted by atomic mass is 16.2. The van der Waals surface area contributed by atoms with Crippen LogP contribution in [0.5, 0.6) is 0 Å². The second-order valence-corrected chi connectivity index (χ2v) is 5.87. The SMILES string of the molecule is CC(C)C1(C(=O)N(C)CC2CC2)CCNC1. The van der Waals surface area contributed by atoms with Crippen molar-refractivity contribution < 1.29 is 4.79 Å². The van der Waals surface area contributed by atoms with Crippen molar-refractivity contribution in [2.24, 2.45) is 17.3 Å². The number of rotatable bonds is 4. The van der Waals surface area contributed by atoms with Crippen LogP contribution in [-0.2, 0) is 4.79 Å². The van der Waals surface area contributed by atoms with Crippen LogP contribution in [0.25, 0.3) is 0 Å². The van der Waals surface area contributed by atoms with Crippen molar-refractivity contribution in [1.82, 2.24) is 10.2 Å². The normalized spacial score (nSPS) is 29.8. The lowest BCUT2D eigenvalue weighted by molar-refractivity contribution is -0.142. The standard InChI is InChI=1S/C13H24N2O/c1-10(2)13(6-7-14-9-13)12(16)15(3)8-11-4-5-11/h10-11,14H,4-9H2,1-3H3. The summed E-state index contributed by atoms with van der Waals surface area (Å²) in [5, 5.41) is 3.35. The van der Waals surface area contributed by atoms with Crippen LogP contribution in [-0.4, -0.2) is 37.5 Å². The summed E-state index contributed by atoms with van der Waals surface area (Å²) < 4.78 is 0. The second kappa shape index (κ2) is 4.36. The number of amides is 1. The molecule has 0 spiro atoms. The Morgan fingerprint density at radius 1 is 1.50 bits per heavy atom. The van der Waals surface area contributed by atoms with E-state index in [9.17, 15) is 4.79 Å². The first kappa shape index (κ1) is 11.9. The highest BCUT2D eigenvalue weighted by Crippen LogP contribution is 2.37. The Bertz CT molecular complexity index is 265. The fraction of sp³-hybridized carbons (Fsp3) is 0.923. The maximum atomic E-state index is 12.6. The van der Waals surface area contributed by atoms with E-state index in [-0.39, 0.29) is 5.41 Å². The third-order valence-corrected chi connectivity index (χ3v) is 4.30. The molecule has 0 bridgehead atoms. The van der Waals surface area contributed by atoms with Gasteiger partial charge in [0.05, 0.1) is 5.41 Å². The van der Waals surface area contributed by atoms with Gasteiger partial charge < -0.3 is 10.2 Å². The molecule has 92 valence electrons. The summed E-state index contributed by atoms with van der Waals surface area (Å²) >= 11 is 0. The fourth-order valence-corrected chi connectivity index (χ4v) is 2.78. The molecule has 1 N–H and O–H groups in total. The van der Waals surface area contributed by atoms with Gasteiger partial charge in [0.1, 0.15) is 0 Å². The summed E-state index contributed by atoms with van der Waals surface area (Å²) in [4.78, 5) is 14.5. The average molecular weight is 224 g/mol. The van der Waals surface area contributed by atoms with E-state index >= 15 is 0 Å². The smallest absolute Gasteiger partial charge is 0.230 e. The molecule has 1 amide bonds. The Morgan fingerprint density at radius 3 is 2.62 bits per heavy atom. The lowest BCUT2D eigenvalue weighted by Crippen LogP contribution is -2.47. The van der Waals surface area contributed by atoms with Crippen LogP contribution < -0.4 is 5.32 Å². The zero-order chi connectivity index (χ0) is 11.8. The van der Waals surface area contributed by atoms with Gasteiger partial charge in [-0.1, -0.05) is 13.8 Å². The molecule has 1 saturated carbocycles. The lowest BCUT2D eigenvalue weighted by Gasteiger charge is -2.35. The molecule has 2 fully saturated rings. The summed E-state index contributed by atoms with van der Waals surface area (Å²) in [6.45, 7) is 7.17. The first-order valence-corrected chi connectivity index (χ1v) is 6.52. The Hall–Kier alpha value is -0.570. The molecule has 1 saturated heterocycles. The molecule has 1 aliphatic heterocycles. The van der Waals surface area contributed by atoms with Gasteiger partial charge >= 0.3 is 0 Å². The molecular weight excluding hydrogens is 200 g/mol. The lowest BCUT2D eigenvalue weighted by atomic mass is 9.75. The van der Waals surface area contributed by atoms with Crippen molar-refractivity contribution in [2.45, 2.75) is 33.1 Å². The van der Waals surface area contributed by atoms with E-state index in [2.05, 4.69) is 19.2 Å². The van der Waals surface area contributed by atoms with Crippen LogP contribution in [0.4, 0.5) is 0 Å². The first-order chi connectivity index (χ1) is 7.56. The minimum absolute atomic E-state index is 0.135. The van der Waals surface area contributed by atoms with E-state index in [1.54, 1.807) is 0 Å². The zero-order valence-electron chi connectivity index (χ0n) is 10.8. The van der Waals surface area contributed by atoms with Gasteiger partial charge in [0.15, 0.2) is 0 Å². The molecule has 3 heteroatoms. The molecule has 1 heterocycles. The van der Waals surface area contributed by atoms with E-state index in [1.807, 2.05) is 11.9 Å². The van der Waals surface area contributed by atoms with Gasteiger partial charge in [-0.15, -0.1) is 0 Å². The van der Waals surface area contributed by atoms with Crippen LogP contribution in [0.1, 0.15) is 33.1 Å². The number of nitrogens with zero attached hydrogens (tertiary/aromatic N) is 1. The van der Waals surface area contributed by atoms with Crippen molar-refractivity contribution in [3.8, 4) is 0 Å². The van der Waals surface area contributed by atoms with Gasteiger partial charge in [0.2, 0.25) is 5.91 Å². The summed E-state index contributed by atoms with van der Waals surface area (Å²) in [5.74, 6) is 1.57. The topological polar surface area (TPSA) is 32.3 Å². The maximum Gasteiger partial charge on any atom is 0.230 e. The van der Waals surface area contributed by atoms with Gasteiger partial charge in [-0.2, -0.15) is 0 Å². The summed E-state index contributed by atoms with van der Waals surface area (Å²) in [6.07, 6.45) is 3.62. The van der Waals surface area contributed by atoms with Gasteiger partial charge in [0.25, 0.3) is 0 Å². The quantitative estimate of drug-likeness (QED) is 0.784. The van der Waals surface area contributed by atoms with Gasteiger partial charge in [0, 0.05) is 20.1 Å². The molecular formula is C13H24N2O. The summed E-state index contributed by atoms with van der Waals surface area (Å²) in [6, 6.07) is 0. The number of hydrogen-bond acceptors (Lipinski definition) is 2. The van der Waals surface area contributed by atoms with E-state index < -0.39 is 0 Å². The molecule has 0 aromatic carbocycles. The van der Waals surface area contributed by atoms with Crippen molar-refractivity contribution in [3.05, 3.63) is 0 Å². The molecule has 0 radical (unpaired) electrons. The largest absolute Gasteiger partial charge is 0.345 e. The monoisotopic (exact) mass is 224 g/mol. The molecule has 2 rings (SSSR count). The highest BCUT2D eigenvalue weighted by Gasteiger charge is 2.45. The summed E-state index contributed by atoms with van der Waals surface area (Å²) in [7, 11) is 1.98. The van der Waals surface area contributed by atoms with E-state index in [1.165, 1.54) is 12.8 Å². The number of carbonyl (C=O) groups is 1. The van der Waals surface area contributed by atoms with Gasteiger partial charge in [-0.25, -0.2) is 0 Å². The highest BCUT2D eigenvalue weighted by molar-refractivity contribution is 5.83. The maximum absolute atomic E-state index is 12.6. The molecule has 3 nitrogen and oxygen atoms in total. The minimum Gasteiger partial charge on any atom is -0.345 e. The third kappa shape index (κ3) is 2.10. The van der Waals surface area contributed by atoms with E-state index in [0.717, 1.165) is 32.0 Å². The molecule has 1 aliphatic carbocycles. The average Bonchev–Trinajstić information content (AvgIpc) is 2.91. The Morgan fingerprint density at radius 2 is 2.19 bits per heavy atom. The van der Waals surface area contributed by atoms with Crippen LogP contribution in [0.3, 0.4) is 0 Å². The van der Waals surface area contributed by atoms with Crippen molar-refractivity contribution in [2.75, 3.05) is 26.7 Å². The minimum atomic E-state index is -0.135. The number of carbonyl (C=O) groups excluding carboxylic acids is 1. The van der Waals surface area contributed by atoms with Crippen LogP contribution in [0, 0.1) is 17.3 Å². The zero-order valence-corrected chi connectivity index (χ0v) is 10.8. The predicted octanol–water partition coefficient (Wildman–Crippen LogP) is 1.49. The predicted molar refractivity (Wildman–Crippen MR) is 65.1 cm³/mol. The van der Waals surface area contributed by atoms with Gasteiger partial charge in [-0.3, -0.25) is 4.79 Å². The van der Waals surface area contributed by atoms with Crippen LogP contribution in [0.15, 0.2) is 0 Å². The Labute approximate surface area is 98.6 Å². The van der Waals surface area contributed by atoms with Crippen molar-refractivity contribution in [3.63, 3.8) is 0 Å². The number of hydrogen-bond donors (Lipinski definition) is 1. The fourth-order valence-electron chi connectivity index (χ4n) is 2.78. The number of nitrogens with one attached hydrogen (secondary N) is 1. The van der Waals surface area contributed by atoms with Crippen LogP contribution in [0.2, 0.25) is 0 Å². The van der Waals surface area contributed by atoms with Crippen molar-refractivity contribution in [1.29, 1.82) is 0 Å². The Balaban J connectivity index is 2.03. The molecule has 0 aromatic rings. The van der Waals surface area contributed by atoms with Crippen molar-refractivity contribution >= 4 is 5.91 Å². The van der Waals surface area contributed by atoms with Gasteiger partial charge in [-0.05, 0) is 37.6 Å². The van der Waals surface area contributed by atoms with E-state index in [4.69, 9.17) is 0 Å². The molecule has 2 aliphatic rings. The molecule has 16 heavy (non-hydrogen) atoms. The second-order valence-electron chi connectivity index (χ2n) is 5.87. The third-order valence-electron chi connectivity index (χ3n) is 4.30. The molecule has 0 aromatic heterocycles.